The molecule has 1 N–H and O–H groups in total. The smallest absolute Gasteiger partial charge is 0.272 e. The fourth-order valence-electron chi connectivity index (χ4n) is 3.00. The summed E-state index contributed by atoms with van der Waals surface area (Å²) in [5, 5.41) is 14.4. The second kappa shape index (κ2) is 6.89. The molecule has 5 heteroatoms. The Bertz CT molecular complexity index is 496. The number of nitrogens with zero attached hydrogens (tertiary/aromatic N) is 2. The molecule has 1 atom stereocenters. The van der Waals surface area contributed by atoms with E-state index in [1.54, 1.807) is 6.07 Å². The monoisotopic (exact) mass is 291 g/mol. The molecule has 0 aromatic heterocycles. The van der Waals surface area contributed by atoms with Crippen LogP contribution in [0.4, 0.5) is 11.4 Å². The minimum absolute atomic E-state index is 0.196. The molecular formula is C16H25N3O2. The van der Waals surface area contributed by atoms with Gasteiger partial charge in [0, 0.05) is 29.9 Å². The molecule has 0 spiro atoms. The Kier molecular flexibility index (Phi) is 5.17. The first-order valence-electron chi connectivity index (χ1n) is 7.71. The van der Waals surface area contributed by atoms with Gasteiger partial charge in [0.1, 0.15) is 0 Å². The van der Waals surface area contributed by atoms with Gasteiger partial charge in [-0.1, -0.05) is 0 Å². The van der Waals surface area contributed by atoms with Gasteiger partial charge in [0.2, 0.25) is 0 Å². The Morgan fingerprint density at radius 2 is 2.24 bits per heavy atom. The standard InChI is InChI=1S/C16H25N3O2/c1-12(2)18(11-14-5-4-8-17-10-14)15-6-7-16(19(20)21)13(3)9-15/h6-7,9,12,14,17H,4-5,8,10-11H2,1-3H3. The zero-order valence-corrected chi connectivity index (χ0v) is 13.1. The molecule has 1 aliphatic heterocycles. The summed E-state index contributed by atoms with van der Waals surface area (Å²) in [4.78, 5) is 13.0. The van der Waals surface area contributed by atoms with Gasteiger partial charge in [0.15, 0.2) is 0 Å². The van der Waals surface area contributed by atoms with Crippen LogP contribution in [0.1, 0.15) is 32.3 Å². The fraction of sp³-hybridized carbons (Fsp3) is 0.625. The molecule has 1 unspecified atom stereocenters. The highest BCUT2D eigenvalue weighted by Gasteiger charge is 2.20. The van der Waals surface area contributed by atoms with Gasteiger partial charge in [-0.05, 0) is 64.8 Å². The molecular weight excluding hydrogens is 266 g/mol. The minimum Gasteiger partial charge on any atom is -0.369 e. The summed E-state index contributed by atoms with van der Waals surface area (Å²) >= 11 is 0. The summed E-state index contributed by atoms with van der Waals surface area (Å²) in [7, 11) is 0. The van der Waals surface area contributed by atoms with Crippen LogP contribution in [0.3, 0.4) is 0 Å². The number of benzene rings is 1. The molecule has 0 aliphatic carbocycles. The Morgan fingerprint density at radius 1 is 1.48 bits per heavy atom. The van der Waals surface area contributed by atoms with Crippen molar-refractivity contribution >= 4 is 11.4 Å². The molecule has 1 fully saturated rings. The molecule has 0 amide bonds. The number of anilines is 1. The van der Waals surface area contributed by atoms with Crippen LogP contribution in [-0.4, -0.2) is 30.6 Å². The van der Waals surface area contributed by atoms with Crippen LogP contribution in [0.2, 0.25) is 0 Å². The lowest BCUT2D eigenvalue weighted by Gasteiger charge is -2.34. The van der Waals surface area contributed by atoms with Gasteiger partial charge in [-0.2, -0.15) is 0 Å². The van der Waals surface area contributed by atoms with E-state index >= 15 is 0 Å². The molecule has 1 aromatic rings. The van der Waals surface area contributed by atoms with E-state index < -0.39 is 0 Å². The van der Waals surface area contributed by atoms with Crippen LogP contribution in [0, 0.1) is 23.0 Å². The third-order valence-corrected chi connectivity index (χ3v) is 4.19. The molecule has 1 heterocycles. The van der Waals surface area contributed by atoms with Crippen molar-refractivity contribution in [3.05, 3.63) is 33.9 Å². The molecule has 1 saturated heterocycles. The Labute approximate surface area is 126 Å². The summed E-state index contributed by atoms with van der Waals surface area (Å²) < 4.78 is 0. The normalized spacial score (nSPS) is 18.8. The quantitative estimate of drug-likeness (QED) is 0.669. The van der Waals surface area contributed by atoms with Crippen molar-refractivity contribution < 1.29 is 4.92 Å². The summed E-state index contributed by atoms with van der Waals surface area (Å²) in [6.07, 6.45) is 2.48. The van der Waals surface area contributed by atoms with E-state index in [0.717, 1.165) is 30.9 Å². The van der Waals surface area contributed by atoms with E-state index in [9.17, 15) is 10.1 Å². The van der Waals surface area contributed by atoms with Crippen LogP contribution in [-0.2, 0) is 0 Å². The SMILES string of the molecule is Cc1cc(N(CC2CCCNC2)C(C)C)ccc1[N+](=O)[O-]. The maximum Gasteiger partial charge on any atom is 0.272 e. The van der Waals surface area contributed by atoms with E-state index in [-0.39, 0.29) is 10.6 Å². The molecule has 5 nitrogen and oxygen atoms in total. The van der Waals surface area contributed by atoms with Gasteiger partial charge < -0.3 is 10.2 Å². The fourth-order valence-corrected chi connectivity index (χ4v) is 3.00. The minimum atomic E-state index is -0.316. The summed E-state index contributed by atoms with van der Waals surface area (Å²) in [5.41, 5.74) is 2.00. The van der Waals surface area contributed by atoms with E-state index in [0.29, 0.717) is 12.0 Å². The molecule has 116 valence electrons. The summed E-state index contributed by atoms with van der Waals surface area (Å²) in [5.74, 6) is 0.650. The van der Waals surface area contributed by atoms with Crippen molar-refractivity contribution in [3.63, 3.8) is 0 Å². The van der Waals surface area contributed by atoms with Crippen LogP contribution in [0.25, 0.3) is 0 Å². The topological polar surface area (TPSA) is 58.4 Å². The molecule has 0 bridgehead atoms. The maximum absolute atomic E-state index is 10.9. The van der Waals surface area contributed by atoms with Gasteiger partial charge in [-0.3, -0.25) is 10.1 Å². The summed E-state index contributed by atoms with van der Waals surface area (Å²) in [6, 6.07) is 5.82. The van der Waals surface area contributed by atoms with Crippen LogP contribution in [0.15, 0.2) is 18.2 Å². The van der Waals surface area contributed by atoms with Crippen molar-refractivity contribution in [1.82, 2.24) is 5.32 Å². The third-order valence-electron chi connectivity index (χ3n) is 4.19. The number of nitro benzene ring substituents is 1. The summed E-state index contributed by atoms with van der Waals surface area (Å²) in [6.45, 7) is 9.34. The van der Waals surface area contributed by atoms with Crippen molar-refractivity contribution in [2.24, 2.45) is 5.92 Å². The van der Waals surface area contributed by atoms with Gasteiger partial charge in [0.25, 0.3) is 5.69 Å². The molecule has 1 aliphatic rings. The first-order chi connectivity index (χ1) is 9.99. The maximum atomic E-state index is 10.9. The molecule has 0 radical (unpaired) electrons. The average Bonchev–Trinajstić information content (AvgIpc) is 2.45. The number of nitro groups is 1. The zero-order valence-electron chi connectivity index (χ0n) is 13.1. The van der Waals surface area contributed by atoms with Gasteiger partial charge >= 0.3 is 0 Å². The largest absolute Gasteiger partial charge is 0.369 e. The highest BCUT2D eigenvalue weighted by molar-refractivity contribution is 5.55. The highest BCUT2D eigenvalue weighted by Crippen LogP contribution is 2.27. The molecule has 0 saturated carbocycles. The first-order valence-corrected chi connectivity index (χ1v) is 7.71. The lowest BCUT2D eigenvalue weighted by atomic mass is 9.98. The second-order valence-corrected chi connectivity index (χ2v) is 6.19. The number of nitrogens with one attached hydrogen (secondary N) is 1. The number of piperidine rings is 1. The molecule has 21 heavy (non-hydrogen) atoms. The number of rotatable bonds is 5. The number of aryl methyl sites for hydroxylation is 1. The highest BCUT2D eigenvalue weighted by atomic mass is 16.6. The van der Waals surface area contributed by atoms with Crippen molar-refractivity contribution in [2.45, 2.75) is 39.7 Å². The third kappa shape index (κ3) is 3.94. The molecule has 2 rings (SSSR count). The van der Waals surface area contributed by atoms with E-state index in [1.165, 1.54) is 12.8 Å². The van der Waals surface area contributed by atoms with E-state index in [2.05, 4.69) is 24.1 Å². The van der Waals surface area contributed by atoms with Crippen molar-refractivity contribution in [1.29, 1.82) is 0 Å². The van der Waals surface area contributed by atoms with E-state index in [1.807, 2.05) is 19.1 Å². The van der Waals surface area contributed by atoms with Crippen LogP contribution in [0.5, 0.6) is 0 Å². The second-order valence-electron chi connectivity index (χ2n) is 6.19. The Hall–Kier alpha value is -1.62. The number of hydrogen-bond acceptors (Lipinski definition) is 4. The lowest BCUT2D eigenvalue weighted by molar-refractivity contribution is -0.385. The van der Waals surface area contributed by atoms with Gasteiger partial charge in [-0.25, -0.2) is 0 Å². The Morgan fingerprint density at radius 3 is 2.76 bits per heavy atom. The van der Waals surface area contributed by atoms with Gasteiger partial charge in [-0.15, -0.1) is 0 Å². The average molecular weight is 291 g/mol. The van der Waals surface area contributed by atoms with Crippen LogP contribution < -0.4 is 10.2 Å². The lowest BCUT2D eigenvalue weighted by Crippen LogP contribution is -2.41. The zero-order chi connectivity index (χ0) is 15.4. The predicted octanol–water partition coefficient (Wildman–Crippen LogP) is 3.12. The van der Waals surface area contributed by atoms with Gasteiger partial charge in [0.05, 0.1) is 4.92 Å². The van der Waals surface area contributed by atoms with Crippen molar-refractivity contribution in [2.75, 3.05) is 24.5 Å². The predicted molar refractivity (Wildman–Crippen MR) is 85.9 cm³/mol. The Balaban J connectivity index is 2.17. The first kappa shape index (κ1) is 15.8. The number of hydrogen-bond donors (Lipinski definition) is 1. The van der Waals surface area contributed by atoms with Crippen molar-refractivity contribution in [3.8, 4) is 0 Å². The van der Waals surface area contributed by atoms with Crippen LogP contribution >= 0.6 is 0 Å². The molecule has 1 aromatic carbocycles. The van der Waals surface area contributed by atoms with E-state index in [4.69, 9.17) is 0 Å².